The number of amides is 3. The molecule has 0 heterocycles. The van der Waals surface area contributed by atoms with Crippen LogP contribution in [0.2, 0.25) is 0 Å². The molecule has 0 aromatic rings. The molecule has 0 aliphatic carbocycles. The number of rotatable bonds is 12. The van der Waals surface area contributed by atoms with Gasteiger partial charge in [0, 0.05) is 0 Å². The van der Waals surface area contributed by atoms with E-state index in [-0.39, 0.29) is 0 Å². The van der Waals surface area contributed by atoms with Gasteiger partial charge in [-0.15, -0.1) is 0 Å². The summed E-state index contributed by atoms with van der Waals surface area (Å²) < 4.78 is 0. The molecule has 7 N–H and O–H groups in total. The van der Waals surface area contributed by atoms with E-state index in [0.717, 1.165) is 0 Å². The number of carboxylic acid groups (broad SMARTS) is 2. The summed E-state index contributed by atoms with van der Waals surface area (Å²) in [6.07, 6.45) is 1.53. The van der Waals surface area contributed by atoms with E-state index in [1.165, 1.54) is 18.7 Å². The second-order valence-electron chi connectivity index (χ2n) is 5.39. The minimum absolute atomic E-state index is 0.417. The van der Waals surface area contributed by atoms with Gasteiger partial charge in [0.05, 0.1) is 12.5 Å². The van der Waals surface area contributed by atoms with Gasteiger partial charge in [0.15, 0.2) is 0 Å². The first-order chi connectivity index (χ1) is 12.1. The number of thioether (sulfide) groups is 1. The van der Waals surface area contributed by atoms with Crippen LogP contribution in [0.4, 0.5) is 0 Å². The Morgan fingerprint density at radius 1 is 1.00 bits per heavy atom. The number of nitrogens with one attached hydrogen (secondary N) is 3. The molecule has 0 aromatic heterocycles. The van der Waals surface area contributed by atoms with E-state index in [1.807, 2.05) is 11.6 Å². The molecular formula is C14H24N4O7S. The van der Waals surface area contributed by atoms with Gasteiger partial charge in [-0.3, -0.25) is 24.0 Å². The highest BCUT2D eigenvalue weighted by Crippen LogP contribution is 2.00. The Labute approximate surface area is 154 Å². The molecule has 11 nitrogen and oxygen atoms in total. The fraction of sp³-hybridized carbons (Fsp3) is 0.643. The number of hydrogen-bond donors (Lipinski definition) is 6. The molecule has 0 aromatic carbocycles. The Morgan fingerprint density at radius 3 is 2.12 bits per heavy atom. The summed E-state index contributed by atoms with van der Waals surface area (Å²) in [4.78, 5) is 57.1. The summed E-state index contributed by atoms with van der Waals surface area (Å²) in [5, 5.41) is 23.9. The van der Waals surface area contributed by atoms with Crippen molar-refractivity contribution in [2.24, 2.45) is 5.73 Å². The predicted octanol–water partition coefficient (Wildman–Crippen LogP) is -2.27. The number of nitrogens with two attached hydrogens (primary N) is 1. The van der Waals surface area contributed by atoms with Crippen molar-refractivity contribution in [3.63, 3.8) is 0 Å². The average Bonchev–Trinajstić information content (AvgIpc) is 2.55. The molecular weight excluding hydrogens is 368 g/mol. The standard InChI is InChI=1S/C14H24N4O7S/c1-7(17-13(24)8(15)3-4-26-2)12(23)18-9(5-10(19)20)14(25)16-6-11(21)22/h7-9H,3-6,15H2,1-2H3,(H,16,25)(H,17,24)(H,18,23)(H,19,20)(H,21,22). The molecule has 0 spiro atoms. The lowest BCUT2D eigenvalue weighted by Gasteiger charge is -2.21. The van der Waals surface area contributed by atoms with Crippen LogP contribution >= 0.6 is 11.8 Å². The van der Waals surface area contributed by atoms with E-state index in [9.17, 15) is 24.0 Å². The molecule has 3 atom stereocenters. The van der Waals surface area contributed by atoms with E-state index >= 15 is 0 Å². The average molecular weight is 392 g/mol. The van der Waals surface area contributed by atoms with E-state index < -0.39 is 60.8 Å². The second-order valence-corrected chi connectivity index (χ2v) is 6.37. The minimum Gasteiger partial charge on any atom is -0.481 e. The van der Waals surface area contributed by atoms with Crippen LogP contribution in [0.5, 0.6) is 0 Å². The van der Waals surface area contributed by atoms with Crippen molar-refractivity contribution in [2.45, 2.75) is 37.9 Å². The zero-order valence-electron chi connectivity index (χ0n) is 14.5. The maximum atomic E-state index is 12.1. The van der Waals surface area contributed by atoms with Crippen molar-refractivity contribution < 1.29 is 34.2 Å². The van der Waals surface area contributed by atoms with Crippen LogP contribution in [0.15, 0.2) is 0 Å². The normalized spacial score (nSPS) is 13.8. The molecule has 0 bridgehead atoms. The summed E-state index contributed by atoms with van der Waals surface area (Å²) in [6, 6.07) is -3.35. The maximum absolute atomic E-state index is 12.1. The van der Waals surface area contributed by atoms with Crippen LogP contribution in [0.3, 0.4) is 0 Å². The highest BCUT2D eigenvalue weighted by molar-refractivity contribution is 7.98. The number of carboxylic acids is 2. The van der Waals surface area contributed by atoms with Crippen molar-refractivity contribution in [2.75, 3.05) is 18.6 Å². The molecule has 0 fully saturated rings. The number of carbonyl (C=O) groups excluding carboxylic acids is 3. The first kappa shape index (κ1) is 23.7. The lowest BCUT2D eigenvalue weighted by atomic mass is 10.1. The molecule has 3 unspecified atom stereocenters. The van der Waals surface area contributed by atoms with E-state index in [2.05, 4.69) is 10.6 Å². The predicted molar refractivity (Wildman–Crippen MR) is 93.4 cm³/mol. The fourth-order valence-electron chi connectivity index (χ4n) is 1.73. The van der Waals surface area contributed by atoms with Gasteiger partial charge in [-0.2, -0.15) is 11.8 Å². The highest BCUT2D eigenvalue weighted by atomic mass is 32.2. The van der Waals surface area contributed by atoms with E-state index in [1.54, 1.807) is 0 Å². The van der Waals surface area contributed by atoms with Crippen LogP contribution < -0.4 is 21.7 Å². The van der Waals surface area contributed by atoms with Crippen molar-refractivity contribution in [1.82, 2.24) is 16.0 Å². The molecule has 0 radical (unpaired) electrons. The Bertz CT molecular complexity index is 543. The van der Waals surface area contributed by atoms with Crippen LogP contribution in [0.1, 0.15) is 19.8 Å². The highest BCUT2D eigenvalue weighted by Gasteiger charge is 2.27. The van der Waals surface area contributed by atoms with Crippen molar-refractivity contribution in [3.05, 3.63) is 0 Å². The molecule has 148 valence electrons. The van der Waals surface area contributed by atoms with Gasteiger partial charge < -0.3 is 31.9 Å². The molecule has 0 saturated heterocycles. The van der Waals surface area contributed by atoms with Crippen molar-refractivity contribution in [3.8, 4) is 0 Å². The van der Waals surface area contributed by atoms with Gasteiger partial charge in [0.2, 0.25) is 17.7 Å². The second kappa shape index (κ2) is 12.1. The van der Waals surface area contributed by atoms with Gasteiger partial charge in [-0.05, 0) is 25.4 Å². The van der Waals surface area contributed by atoms with Crippen molar-refractivity contribution >= 4 is 41.4 Å². The first-order valence-corrected chi connectivity index (χ1v) is 9.04. The number of aliphatic carboxylic acids is 2. The molecule has 0 saturated carbocycles. The third-order valence-corrected chi connectivity index (χ3v) is 3.79. The Hall–Kier alpha value is -2.34. The Balaban J connectivity index is 4.75. The quantitative estimate of drug-likeness (QED) is 0.213. The molecule has 12 heteroatoms. The third kappa shape index (κ3) is 9.84. The van der Waals surface area contributed by atoms with Crippen LogP contribution in [-0.4, -0.2) is 76.6 Å². The minimum atomic E-state index is -1.48. The lowest BCUT2D eigenvalue weighted by molar-refractivity contribution is -0.141. The summed E-state index contributed by atoms with van der Waals surface area (Å²) in [6.45, 7) is 0.628. The monoisotopic (exact) mass is 392 g/mol. The number of hydrogen-bond acceptors (Lipinski definition) is 7. The summed E-state index contributed by atoms with van der Waals surface area (Å²) in [5.74, 6) is -4.33. The molecule has 3 amide bonds. The first-order valence-electron chi connectivity index (χ1n) is 7.65. The largest absolute Gasteiger partial charge is 0.481 e. The zero-order chi connectivity index (χ0) is 20.3. The maximum Gasteiger partial charge on any atom is 0.322 e. The van der Waals surface area contributed by atoms with Crippen LogP contribution in [0, 0.1) is 0 Å². The fourth-order valence-corrected chi connectivity index (χ4v) is 2.22. The van der Waals surface area contributed by atoms with Crippen LogP contribution in [0.25, 0.3) is 0 Å². The van der Waals surface area contributed by atoms with Gasteiger partial charge in [-0.25, -0.2) is 0 Å². The van der Waals surface area contributed by atoms with Gasteiger partial charge in [0.1, 0.15) is 18.6 Å². The van der Waals surface area contributed by atoms with Gasteiger partial charge >= 0.3 is 11.9 Å². The van der Waals surface area contributed by atoms with Crippen molar-refractivity contribution in [1.29, 1.82) is 0 Å². The Kier molecular flexibility index (Phi) is 11.0. The Morgan fingerprint density at radius 2 is 1.62 bits per heavy atom. The van der Waals surface area contributed by atoms with E-state index in [4.69, 9.17) is 15.9 Å². The molecule has 0 aliphatic rings. The SMILES string of the molecule is CSCCC(N)C(=O)NC(C)C(=O)NC(CC(=O)O)C(=O)NCC(=O)O. The molecule has 0 aliphatic heterocycles. The van der Waals surface area contributed by atoms with Crippen LogP contribution in [-0.2, 0) is 24.0 Å². The molecule has 0 rings (SSSR count). The van der Waals surface area contributed by atoms with E-state index in [0.29, 0.717) is 12.2 Å². The third-order valence-electron chi connectivity index (χ3n) is 3.15. The zero-order valence-corrected chi connectivity index (χ0v) is 15.3. The lowest BCUT2D eigenvalue weighted by Crippen LogP contribution is -2.55. The van der Waals surface area contributed by atoms with Gasteiger partial charge in [-0.1, -0.05) is 0 Å². The smallest absolute Gasteiger partial charge is 0.322 e. The number of carbonyl (C=O) groups is 5. The van der Waals surface area contributed by atoms with Gasteiger partial charge in [0.25, 0.3) is 0 Å². The summed E-state index contributed by atoms with van der Waals surface area (Å²) in [7, 11) is 0. The molecule has 26 heavy (non-hydrogen) atoms. The summed E-state index contributed by atoms with van der Waals surface area (Å²) >= 11 is 1.52. The topological polar surface area (TPSA) is 188 Å². The summed E-state index contributed by atoms with van der Waals surface area (Å²) in [5.41, 5.74) is 5.68.